The lowest BCUT2D eigenvalue weighted by molar-refractivity contribution is -0.0581. The number of nitrogens with zero attached hydrogens (tertiary/aromatic N) is 3. The zero-order chi connectivity index (χ0) is 28.2. The smallest absolute Gasteiger partial charge is 0.351 e. The third kappa shape index (κ3) is 5.92. The SMILES string of the molecule is Cc1ccc(C(=O)OC[C@H]2O[C@@H](n3cc(-c4ccncc4)c(N)nc3=O)C[C@@H]2OC(=O)c2ccc(C)cc2)cc1. The maximum Gasteiger partial charge on any atom is 0.351 e. The Morgan fingerprint density at radius 3 is 2.17 bits per heavy atom. The Bertz CT molecular complexity index is 1570. The van der Waals surface area contributed by atoms with Gasteiger partial charge in [0.2, 0.25) is 0 Å². The van der Waals surface area contributed by atoms with Gasteiger partial charge < -0.3 is 19.9 Å². The Kier molecular flexibility index (Phi) is 7.70. The van der Waals surface area contributed by atoms with Crippen molar-refractivity contribution in [3.05, 3.63) is 112 Å². The molecule has 0 amide bonds. The van der Waals surface area contributed by atoms with Crippen molar-refractivity contribution in [2.24, 2.45) is 0 Å². The quantitative estimate of drug-likeness (QED) is 0.346. The van der Waals surface area contributed by atoms with Gasteiger partial charge in [-0.1, -0.05) is 35.4 Å². The van der Waals surface area contributed by atoms with Crippen molar-refractivity contribution in [3.63, 3.8) is 0 Å². The standard InChI is InChI=1S/C30H28N4O6/c1-18-3-7-21(8-4-18)28(35)38-17-25-24(40-29(36)22-9-5-19(2)6-10-22)15-26(39-25)34-16-23(27(31)33-30(34)37)20-11-13-32-14-12-20/h3-14,16,24-26H,15,17H2,1-2H3,(H2,31,33,37)/t24-,25+,26+/m0/s1. The summed E-state index contributed by atoms with van der Waals surface area (Å²) in [5.74, 6) is -1.03. The molecule has 4 aromatic rings. The zero-order valence-electron chi connectivity index (χ0n) is 22.0. The van der Waals surface area contributed by atoms with Crippen molar-refractivity contribution >= 4 is 17.8 Å². The van der Waals surface area contributed by atoms with Gasteiger partial charge in [0.25, 0.3) is 0 Å². The summed E-state index contributed by atoms with van der Waals surface area (Å²) in [4.78, 5) is 46.5. The summed E-state index contributed by atoms with van der Waals surface area (Å²) in [7, 11) is 0. The van der Waals surface area contributed by atoms with Gasteiger partial charge in [0, 0.05) is 30.6 Å². The monoisotopic (exact) mass is 540 g/mol. The van der Waals surface area contributed by atoms with Gasteiger partial charge in [0.05, 0.1) is 11.1 Å². The number of esters is 2. The number of carbonyl (C=O) groups excluding carboxylic acids is 2. The van der Waals surface area contributed by atoms with E-state index in [-0.39, 0.29) is 18.8 Å². The summed E-state index contributed by atoms with van der Waals surface area (Å²) in [6.07, 6.45) is 2.42. The van der Waals surface area contributed by atoms with Gasteiger partial charge in [0.15, 0.2) is 0 Å². The average molecular weight is 541 g/mol. The maximum absolute atomic E-state index is 13.0. The van der Waals surface area contributed by atoms with Crippen molar-refractivity contribution in [1.29, 1.82) is 0 Å². The summed E-state index contributed by atoms with van der Waals surface area (Å²) >= 11 is 0. The highest BCUT2D eigenvalue weighted by Crippen LogP contribution is 2.33. The van der Waals surface area contributed by atoms with Crippen LogP contribution in [0, 0.1) is 13.8 Å². The van der Waals surface area contributed by atoms with Crippen LogP contribution in [0.4, 0.5) is 5.82 Å². The number of hydrogen-bond donors (Lipinski definition) is 1. The lowest BCUT2D eigenvalue weighted by atomic mass is 10.1. The molecule has 1 saturated heterocycles. The summed E-state index contributed by atoms with van der Waals surface area (Å²) < 4.78 is 18.8. The van der Waals surface area contributed by atoms with E-state index in [4.69, 9.17) is 19.9 Å². The third-order valence-corrected chi connectivity index (χ3v) is 6.67. The van der Waals surface area contributed by atoms with E-state index in [1.165, 1.54) is 4.57 Å². The van der Waals surface area contributed by atoms with E-state index in [1.54, 1.807) is 55.0 Å². The molecule has 3 atom stereocenters. The van der Waals surface area contributed by atoms with Crippen molar-refractivity contribution in [2.45, 2.75) is 38.7 Å². The van der Waals surface area contributed by atoms with E-state index in [0.717, 1.165) is 16.7 Å². The molecule has 1 aliphatic rings. The largest absolute Gasteiger partial charge is 0.459 e. The molecule has 10 heteroatoms. The number of aryl methyl sites for hydroxylation is 2. The van der Waals surface area contributed by atoms with Gasteiger partial charge in [-0.25, -0.2) is 14.4 Å². The fourth-order valence-electron chi connectivity index (χ4n) is 4.41. The lowest BCUT2D eigenvalue weighted by Crippen LogP contribution is -2.32. The topological polar surface area (TPSA) is 136 Å². The molecule has 2 N–H and O–H groups in total. The minimum absolute atomic E-state index is 0.0661. The Labute approximate surface area is 230 Å². The molecule has 0 saturated carbocycles. The molecule has 5 rings (SSSR count). The van der Waals surface area contributed by atoms with Gasteiger partial charge in [-0.05, 0) is 55.8 Å². The first-order valence-corrected chi connectivity index (χ1v) is 12.7. The number of rotatable bonds is 7. The van der Waals surface area contributed by atoms with Crippen LogP contribution in [-0.2, 0) is 14.2 Å². The number of pyridine rings is 1. The first-order valence-electron chi connectivity index (χ1n) is 12.7. The number of nitrogens with two attached hydrogens (primary N) is 1. The second kappa shape index (κ2) is 11.5. The number of carbonyl (C=O) groups is 2. The highest BCUT2D eigenvalue weighted by Gasteiger charge is 2.40. The molecule has 204 valence electrons. The van der Waals surface area contributed by atoms with Crippen LogP contribution in [-0.4, -0.2) is 45.3 Å². The molecule has 0 spiro atoms. The molecule has 2 aromatic heterocycles. The van der Waals surface area contributed by atoms with Gasteiger partial charge >= 0.3 is 17.6 Å². The number of benzene rings is 2. The third-order valence-electron chi connectivity index (χ3n) is 6.67. The molecule has 2 aromatic carbocycles. The molecule has 0 bridgehead atoms. The number of hydrogen-bond acceptors (Lipinski definition) is 9. The van der Waals surface area contributed by atoms with Crippen LogP contribution >= 0.6 is 0 Å². The minimum atomic E-state index is -0.847. The molecular formula is C30H28N4O6. The lowest BCUT2D eigenvalue weighted by Gasteiger charge is -2.19. The van der Waals surface area contributed by atoms with E-state index in [2.05, 4.69) is 9.97 Å². The van der Waals surface area contributed by atoms with Gasteiger partial charge in [0.1, 0.15) is 30.9 Å². The van der Waals surface area contributed by atoms with Crippen molar-refractivity contribution in [2.75, 3.05) is 12.3 Å². The summed E-state index contributed by atoms with van der Waals surface area (Å²) in [6.45, 7) is 3.65. The second-order valence-electron chi connectivity index (χ2n) is 9.60. The molecule has 0 aliphatic carbocycles. The van der Waals surface area contributed by atoms with Gasteiger partial charge in [-0.15, -0.1) is 0 Å². The Balaban J connectivity index is 1.39. The fraction of sp³-hybridized carbons (Fsp3) is 0.233. The van der Waals surface area contributed by atoms with Crippen LogP contribution in [0.1, 0.15) is 44.5 Å². The predicted molar refractivity (Wildman–Crippen MR) is 147 cm³/mol. The van der Waals surface area contributed by atoms with Crippen molar-refractivity contribution in [3.8, 4) is 11.1 Å². The predicted octanol–water partition coefficient (Wildman–Crippen LogP) is 3.87. The number of ether oxygens (including phenoxy) is 3. The number of nitrogen functional groups attached to an aromatic ring is 1. The number of anilines is 1. The van der Waals surface area contributed by atoms with E-state index in [0.29, 0.717) is 16.7 Å². The normalized spacial score (nSPS) is 18.3. The van der Waals surface area contributed by atoms with Crippen LogP contribution in [0.5, 0.6) is 0 Å². The first kappa shape index (κ1) is 26.8. The van der Waals surface area contributed by atoms with Crippen molar-refractivity contribution in [1.82, 2.24) is 14.5 Å². The molecule has 40 heavy (non-hydrogen) atoms. The van der Waals surface area contributed by atoms with Crippen LogP contribution in [0.3, 0.4) is 0 Å². The van der Waals surface area contributed by atoms with Crippen molar-refractivity contribution < 1.29 is 23.8 Å². The summed E-state index contributed by atoms with van der Waals surface area (Å²) in [5, 5.41) is 0. The van der Waals surface area contributed by atoms with Gasteiger partial charge in [-0.3, -0.25) is 9.55 Å². The Morgan fingerprint density at radius 2 is 1.55 bits per heavy atom. The summed E-state index contributed by atoms with van der Waals surface area (Å²) in [6, 6.07) is 17.4. The van der Waals surface area contributed by atoms with Gasteiger partial charge in [-0.2, -0.15) is 4.98 Å². The molecular weight excluding hydrogens is 512 g/mol. The molecule has 10 nitrogen and oxygen atoms in total. The summed E-state index contributed by atoms with van der Waals surface area (Å²) in [5.41, 5.74) is 9.43. The molecule has 0 unspecified atom stereocenters. The highest BCUT2D eigenvalue weighted by atomic mass is 16.6. The van der Waals surface area contributed by atoms with Crippen LogP contribution in [0.25, 0.3) is 11.1 Å². The van der Waals surface area contributed by atoms with Crippen LogP contribution in [0.15, 0.2) is 84.0 Å². The number of aromatic nitrogens is 3. The highest BCUT2D eigenvalue weighted by molar-refractivity contribution is 5.90. The van der Waals surface area contributed by atoms with E-state index in [9.17, 15) is 14.4 Å². The first-order chi connectivity index (χ1) is 19.3. The van der Waals surface area contributed by atoms with Crippen LogP contribution in [0.2, 0.25) is 0 Å². The Hall–Kier alpha value is -4.83. The minimum Gasteiger partial charge on any atom is -0.459 e. The molecule has 0 radical (unpaired) electrons. The zero-order valence-corrected chi connectivity index (χ0v) is 22.0. The Morgan fingerprint density at radius 1 is 0.950 bits per heavy atom. The molecule has 1 fully saturated rings. The van der Waals surface area contributed by atoms with E-state index in [1.807, 2.05) is 38.1 Å². The fourth-order valence-corrected chi connectivity index (χ4v) is 4.41. The van der Waals surface area contributed by atoms with Crippen LogP contribution < -0.4 is 11.4 Å². The second-order valence-corrected chi connectivity index (χ2v) is 9.60. The average Bonchev–Trinajstić information content (AvgIpc) is 3.35. The molecule has 1 aliphatic heterocycles. The van der Waals surface area contributed by atoms with E-state index >= 15 is 0 Å². The van der Waals surface area contributed by atoms with E-state index < -0.39 is 36.1 Å². The molecule has 3 heterocycles. The maximum atomic E-state index is 13.0.